The summed E-state index contributed by atoms with van der Waals surface area (Å²) in [6.45, 7) is 6.95. The lowest BCUT2D eigenvalue weighted by Gasteiger charge is -2.24. The first-order valence-corrected chi connectivity index (χ1v) is 7.44. The van der Waals surface area contributed by atoms with E-state index in [0.29, 0.717) is 12.0 Å². The first-order valence-electron chi connectivity index (χ1n) is 7.44. The summed E-state index contributed by atoms with van der Waals surface area (Å²) >= 11 is 0. The fourth-order valence-electron chi connectivity index (χ4n) is 2.89. The van der Waals surface area contributed by atoms with E-state index < -0.39 is 0 Å². The van der Waals surface area contributed by atoms with Gasteiger partial charge in [0.15, 0.2) is 0 Å². The lowest BCUT2D eigenvalue weighted by molar-refractivity contribution is 0.369. The highest BCUT2D eigenvalue weighted by Gasteiger charge is 2.33. The Morgan fingerprint density at radius 2 is 1.67 bits per heavy atom. The minimum absolute atomic E-state index is 0.517. The molecule has 0 amide bonds. The van der Waals surface area contributed by atoms with Gasteiger partial charge in [0.05, 0.1) is 0 Å². The quantitative estimate of drug-likeness (QED) is 0.777. The van der Waals surface area contributed by atoms with E-state index in [4.69, 9.17) is 0 Å². The van der Waals surface area contributed by atoms with Crippen molar-refractivity contribution in [2.24, 2.45) is 11.8 Å². The van der Waals surface area contributed by atoms with Crippen LogP contribution in [0.3, 0.4) is 0 Å². The third-order valence-corrected chi connectivity index (χ3v) is 4.68. The Morgan fingerprint density at radius 1 is 1.11 bits per heavy atom. The van der Waals surface area contributed by atoms with Crippen molar-refractivity contribution in [2.75, 3.05) is 7.05 Å². The molecule has 1 aliphatic carbocycles. The molecule has 1 aromatic carbocycles. The Hall–Kier alpha value is -0.820. The molecule has 100 valence electrons. The van der Waals surface area contributed by atoms with E-state index in [9.17, 15) is 0 Å². The molecule has 1 saturated carbocycles. The minimum Gasteiger partial charge on any atom is -0.313 e. The van der Waals surface area contributed by atoms with E-state index in [1.54, 1.807) is 0 Å². The van der Waals surface area contributed by atoms with Crippen LogP contribution in [0.2, 0.25) is 0 Å². The predicted molar refractivity (Wildman–Crippen MR) is 78.8 cm³/mol. The van der Waals surface area contributed by atoms with Crippen molar-refractivity contribution in [1.29, 1.82) is 0 Å². The predicted octanol–water partition coefficient (Wildman–Crippen LogP) is 4.51. The average Bonchev–Trinajstić information content (AvgIpc) is 3.23. The van der Waals surface area contributed by atoms with Crippen LogP contribution in [0, 0.1) is 11.8 Å². The first kappa shape index (κ1) is 13.6. The molecule has 18 heavy (non-hydrogen) atoms. The Kier molecular flexibility index (Phi) is 4.45. The summed E-state index contributed by atoms with van der Waals surface area (Å²) in [6.07, 6.45) is 4.06. The smallest absolute Gasteiger partial charge is 0.0346 e. The highest BCUT2D eigenvalue weighted by Crippen LogP contribution is 2.42. The van der Waals surface area contributed by atoms with Gasteiger partial charge in [-0.2, -0.15) is 0 Å². The maximum absolute atomic E-state index is 3.50. The van der Waals surface area contributed by atoms with Crippen LogP contribution in [0.25, 0.3) is 0 Å². The van der Waals surface area contributed by atoms with Crippen LogP contribution >= 0.6 is 0 Å². The van der Waals surface area contributed by atoms with Crippen molar-refractivity contribution in [3.63, 3.8) is 0 Å². The van der Waals surface area contributed by atoms with Gasteiger partial charge in [-0.3, -0.25) is 0 Å². The van der Waals surface area contributed by atoms with Crippen molar-refractivity contribution >= 4 is 0 Å². The molecule has 1 aromatic rings. The molecule has 0 saturated heterocycles. The van der Waals surface area contributed by atoms with Crippen LogP contribution in [-0.4, -0.2) is 7.05 Å². The van der Waals surface area contributed by atoms with E-state index in [-0.39, 0.29) is 0 Å². The van der Waals surface area contributed by atoms with Crippen molar-refractivity contribution in [3.05, 3.63) is 35.4 Å². The van der Waals surface area contributed by atoms with E-state index >= 15 is 0 Å². The summed E-state index contributed by atoms with van der Waals surface area (Å²) in [5.41, 5.74) is 2.92. The molecule has 3 atom stereocenters. The topological polar surface area (TPSA) is 12.0 Å². The number of rotatable bonds is 6. The molecule has 0 heterocycles. The lowest BCUT2D eigenvalue weighted by atomic mass is 9.89. The zero-order valence-electron chi connectivity index (χ0n) is 12.2. The van der Waals surface area contributed by atoms with Gasteiger partial charge in [-0.1, -0.05) is 45.0 Å². The van der Waals surface area contributed by atoms with Crippen LogP contribution in [0.15, 0.2) is 24.3 Å². The average molecular weight is 245 g/mol. The second-order valence-corrected chi connectivity index (χ2v) is 5.94. The second-order valence-electron chi connectivity index (χ2n) is 5.94. The molecule has 1 fully saturated rings. The maximum Gasteiger partial charge on any atom is 0.0346 e. The molecule has 0 aliphatic heterocycles. The highest BCUT2D eigenvalue weighted by atomic mass is 14.9. The molecule has 2 rings (SSSR count). The molecule has 3 unspecified atom stereocenters. The zero-order valence-corrected chi connectivity index (χ0v) is 12.2. The lowest BCUT2D eigenvalue weighted by Crippen LogP contribution is -2.24. The molecule has 1 nitrogen and oxygen atoms in total. The molecule has 0 aromatic heterocycles. The van der Waals surface area contributed by atoms with Gasteiger partial charge >= 0.3 is 0 Å². The zero-order chi connectivity index (χ0) is 13.1. The molecule has 1 heteroatoms. The van der Waals surface area contributed by atoms with Crippen LogP contribution in [0.5, 0.6) is 0 Å². The van der Waals surface area contributed by atoms with E-state index in [2.05, 4.69) is 57.4 Å². The molecule has 0 bridgehead atoms. The molecule has 0 spiro atoms. The standard InChI is InChI=1S/C17H27N/c1-5-12(2)14-6-10-16(11-7-14)17(18-4)13(3)15-8-9-15/h6-7,10-13,15,17-18H,5,8-9H2,1-4H3. The third kappa shape index (κ3) is 2.95. The third-order valence-electron chi connectivity index (χ3n) is 4.68. The van der Waals surface area contributed by atoms with Crippen LogP contribution in [-0.2, 0) is 0 Å². The number of hydrogen-bond acceptors (Lipinski definition) is 1. The van der Waals surface area contributed by atoms with Crippen molar-refractivity contribution < 1.29 is 0 Å². The van der Waals surface area contributed by atoms with E-state index in [0.717, 1.165) is 11.8 Å². The van der Waals surface area contributed by atoms with Gasteiger partial charge in [0.1, 0.15) is 0 Å². The largest absolute Gasteiger partial charge is 0.313 e. The van der Waals surface area contributed by atoms with Gasteiger partial charge in [0.2, 0.25) is 0 Å². The van der Waals surface area contributed by atoms with Gasteiger partial charge < -0.3 is 5.32 Å². The highest BCUT2D eigenvalue weighted by molar-refractivity contribution is 5.27. The number of benzene rings is 1. The van der Waals surface area contributed by atoms with Crippen LogP contribution < -0.4 is 5.32 Å². The molecule has 1 N–H and O–H groups in total. The van der Waals surface area contributed by atoms with Gasteiger partial charge in [-0.15, -0.1) is 0 Å². The summed E-state index contributed by atoms with van der Waals surface area (Å²) < 4.78 is 0. The number of hydrogen-bond donors (Lipinski definition) is 1. The fourth-order valence-corrected chi connectivity index (χ4v) is 2.89. The SMILES string of the molecule is CCC(C)c1ccc(C(NC)C(C)C2CC2)cc1. The normalized spacial score (nSPS) is 20.4. The van der Waals surface area contributed by atoms with Crippen molar-refractivity contribution in [1.82, 2.24) is 5.32 Å². The Bertz CT molecular complexity index is 364. The minimum atomic E-state index is 0.517. The van der Waals surface area contributed by atoms with Gasteiger partial charge in [0, 0.05) is 6.04 Å². The summed E-state index contributed by atoms with van der Waals surface area (Å²) in [7, 11) is 2.09. The summed E-state index contributed by atoms with van der Waals surface area (Å²) in [5.74, 6) is 2.37. The molecule has 0 radical (unpaired) electrons. The summed E-state index contributed by atoms with van der Waals surface area (Å²) in [5, 5.41) is 3.50. The Labute approximate surface area is 112 Å². The van der Waals surface area contributed by atoms with E-state index in [1.165, 1.54) is 30.4 Å². The first-order chi connectivity index (χ1) is 8.67. The summed E-state index contributed by atoms with van der Waals surface area (Å²) in [4.78, 5) is 0. The molecular formula is C17H27N. The van der Waals surface area contributed by atoms with E-state index in [1.807, 2.05) is 0 Å². The Morgan fingerprint density at radius 3 is 2.11 bits per heavy atom. The van der Waals surface area contributed by atoms with Crippen molar-refractivity contribution in [2.45, 2.75) is 52.0 Å². The van der Waals surface area contributed by atoms with Crippen LogP contribution in [0.1, 0.15) is 63.1 Å². The summed E-state index contributed by atoms with van der Waals surface area (Å²) in [6, 6.07) is 9.78. The molecule has 1 aliphatic rings. The van der Waals surface area contributed by atoms with Crippen LogP contribution in [0.4, 0.5) is 0 Å². The van der Waals surface area contributed by atoms with Crippen molar-refractivity contribution in [3.8, 4) is 0 Å². The van der Waals surface area contributed by atoms with Gasteiger partial charge in [0.25, 0.3) is 0 Å². The number of nitrogens with one attached hydrogen (secondary N) is 1. The fraction of sp³-hybridized carbons (Fsp3) is 0.647. The maximum atomic E-state index is 3.50. The molecular weight excluding hydrogens is 218 g/mol. The van der Waals surface area contributed by atoms with Gasteiger partial charge in [-0.05, 0) is 55.2 Å². The monoisotopic (exact) mass is 245 g/mol. The Balaban J connectivity index is 2.11. The van der Waals surface area contributed by atoms with Gasteiger partial charge in [-0.25, -0.2) is 0 Å². The second kappa shape index (κ2) is 5.88.